The van der Waals surface area contributed by atoms with E-state index in [9.17, 15) is 9.59 Å². The summed E-state index contributed by atoms with van der Waals surface area (Å²) in [6.07, 6.45) is 0. The molecule has 7 heteroatoms. The fourth-order valence-corrected chi connectivity index (χ4v) is 3.51. The molecule has 2 N–H and O–H groups in total. The van der Waals surface area contributed by atoms with Crippen molar-refractivity contribution in [1.82, 2.24) is 15.5 Å². The van der Waals surface area contributed by atoms with Gasteiger partial charge in [0.15, 0.2) is 0 Å². The molecule has 1 atom stereocenters. The van der Waals surface area contributed by atoms with Gasteiger partial charge in [0.05, 0.1) is 26.4 Å². The molecule has 0 aliphatic carbocycles. The highest BCUT2D eigenvalue weighted by molar-refractivity contribution is 6.35. The number of amides is 2. The predicted octanol–water partition coefficient (Wildman–Crippen LogP) is 1.81. The molecule has 1 aliphatic rings. The van der Waals surface area contributed by atoms with Crippen LogP contribution in [0.2, 0.25) is 0 Å². The SMILES string of the molecule is COc1ccccc1CNC(=O)C(=O)NCC(c1ccc(C)cc1)N1CCOCC1. The second-order valence-corrected chi connectivity index (χ2v) is 7.28. The van der Waals surface area contributed by atoms with Crippen LogP contribution in [0.4, 0.5) is 0 Å². The third-order valence-electron chi connectivity index (χ3n) is 5.24. The third-order valence-corrected chi connectivity index (χ3v) is 5.24. The summed E-state index contributed by atoms with van der Waals surface area (Å²) in [5.74, 6) is -0.634. The Morgan fingerprint density at radius 1 is 1.03 bits per heavy atom. The van der Waals surface area contributed by atoms with Crippen LogP contribution in [0.15, 0.2) is 48.5 Å². The summed E-state index contributed by atoms with van der Waals surface area (Å²) < 4.78 is 10.7. The number of carbonyl (C=O) groups is 2. The fourth-order valence-electron chi connectivity index (χ4n) is 3.51. The van der Waals surface area contributed by atoms with E-state index < -0.39 is 11.8 Å². The van der Waals surface area contributed by atoms with E-state index in [-0.39, 0.29) is 12.6 Å². The van der Waals surface area contributed by atoms with E-state index in [1.165, 1.54) is 5.56 Å². The number of hydrogen-bond donors (Lipinski definition) is 2. The Morgan fingerprint density at radius 3 is 2.40 bits per heavy atom. The highest BCUT2D eigenvalue weighted by Gasteiger charge is 2.24. The monoisotopic (exact) mass is 411 g/mol. The Morgan fingerprint density at radius 2 is 1.70 bits per heavy atom. The molecule has 3 rings (SSSR count). The Kier molecular flexibility index (Phi) is 7.82. The first-order valence-corrected chi connectivity index (χ1v) is 10.1. The maximum atomic E-state index is 12.4. The first-order valence-electron chi connectivity index (χ1n) is 10.1. The molecule has 2 amide bonds. The van der Waals surface area contributed by atoms with Gasteiger partial charge in [0, 0.05) is 31.7 Å². The van der Waals surface area contributed by atoms with Gasteiger partial charge in [0.2, 0.25) is 0 Å². The largest absolute Gasteiger partial charge is 0.496 e. The number of methoxy groups -OCH3 is 1. The first kappa shape index (κ1) is 21.8. The number of para-hydroxylation sites is 1. The van der Waals surface area contributed by atoms with Crippen molar-refractivity contribution in [3.05, 3.63) is 65.2 Å². The number of benzene rings is 2. The van der Waals surface area contributed by atoms with Crippen molar-refractivity contribution < 1.29 is 19.1 Å². The van der Waals surface area contributed by atoms with Crippen molar-refractivity contribution in [2.45, 2.75) is 19.5 Å². The molecule has 7 nitrogen and oxygen atoms in total. The number of carbonyl (C=O) groups excluding carboxylic acids is 2. The quantitative estimate of drug-likeness (QED) is 0.680. The lowest BCUT2D eigenvalue weighted by molar-refractivity contribution is -0.139. The molecule has 160 valence electrons. The number of nitrogens with one attached hydrogen (secondary N) is 2. The normalized spacial score (nSPS) is 15.3. The van der Waals surface area contributed by atoms with Gasteiger partial charge in [-0.05, 0) is 18.6 Å². The number of hydrogen-bond acceptors (Lipinski definition) is 5. The van der Waals surface area contributed by atoms with Gasteiger partial charge in [-0.15, -0.1) is 0 Å². The van der Waals surface area contributed by atoms with Crippen molar-refractivity contribution in [3.8, 4) is 5.75 Å². The molecule has 2 aromatic rings. The number of ether oxygens (including phenoxy) is 2. The molecule has 1 saturated heterocycles. The van der Waals surface area contributed by atoms with E-state index in [0.29, 0.717) is 25.5 Å². The summed E-state index contributed by atoms with van der Waals surface area (Å²) in [6.45, 7) is 5.51. The molecule has 0 spiro atoms. The van der Waals surface area contributed by atoms with Gasteiger partial charge in [-0.3, -0.25) is 14.5 Å². The van der Waals surface area contributed by atoms with Gasteiger partial charge in [-0.2, -0.15) is 0 Å². The molecule has 1 heterocycles. The molecule has 1 unspecified atom stereocenters. The van der Waals surface area contributed by atoms with E-state index in [4.69, 9.17) is 9.47 Å². The van der Waals surface area contributed by atoms with E-state index >= 15 is 0 Å². The zero-order valence-electron chi connectivity index (χ0n) is 17.5. The van der Waals surface area contributed by atoms with Crippen LogP contribution in [0, 0.1) is 6.92 Å². The fraction of sp³-hybridized carbons (Fsp3) is 0.391. The lowest BCUT2D eigenvalue weighted by Crippen LogP contribution is -2.46. The highest BCUT2D eigenvalue weighted by atomic mass is 16.5. The molecule has 1 aliphatic heterocycles. The van der Waals surface area contributed by atoms with Crippen LogP contribution in [-0.4, -0.2) is 56.7 Å². The summed E-state index contributed by atoms with van der Waals surface area (Å²) in [5.41, 5.74) is 3.10. The Bertz CT molecular complexity index is 848. The van der Waals surface area contributed by atoms with Gasteiger partial charge in [0.25, 0.3) is 0 Å². The van der Waals surface area contributed by atoms with Crippen molar-refractivity contribution in [2.75, 3.05) is 40.0 Å². The second-order valence-electron chi connectivity index (χ2n) is 7.28. The molecular formula is C23H29N3O4. The van der Waals surface area contributed by atoms with Crippen molar-refractivity contribution in [2.24, 2.45) is 0 Å². The number of aryl methyl sites for hydroxylation is 1. The Hall–Kier alpha value is -2.90. The average molecular weight is 412 g/mol. The van der Waals surface area contributed by atoms with Crippen LogP contribution in [0.1, 0.15) is 22.7 Å². The third kappa shape index (κ3) is 5.81. The van der Waals surface area contributed by atoms with E-state index in [0.717, 1.165) is 24.2 Å². The van der Waals surface area contributed by atoms with Crippen LogP contribution in [0.25, 0.3) is 0 Å². The van der Waals surface area contributed by atoms with Gasteiger partial charge in [-0.1, -0.05) is 48.0 Å². The molecule has 0 radical (unpaired) electrons. The van der Waals surface area contributed by atoms with Gasteiger partial charge in [-0.25, -0.2) is 0 Å². The molecule has 0 saturated carbocycles. The number of rotatable bonds is 7. The number of morpholine rings is 1. The maximum absolute atomic E-state index is 12.4. The number of nitrogens with zero attached hydrogens (tertiary/aromatic N) is 1. The molecule has 0 aromatic heterocycles. The summed E-state index contributed by atoms with van der Waals surface area (Å²) in [4.78, 5) is 27.0. The molecular weight excluding hydrogens is 382 g/mol. The molecule has 1 fully saturated rings. The minimum absolute atomic E-state index is 0.0135. The Labute approximate surface area is 177 Å². The lowest BCUT2D eigenvalue weighted by Gasteiger charge is -2.35. The summed E-state index contributed by atoms with van der Waals surface area (Å²) >= 11 is 0. The minimum Gasteiger partial charge on any atom is -0.496 e. The van der Waals surface area contributed by atoms with E-state index in [1.807, 2.05) is 31.2 Å². The molecule has 0 bridgehead atoms. The standard InChI is InChI=1S/C23H29N3O4/c1-17-7-9-18(10-8-17)20(26-11-13-30-14-12-26)16-25-23(28)22(27)24-15-19-5-3-4-6-21(19)29-2/h3-10,20H,11-16H2,1-2H3,(H,24,27)(H,25,28). The first-order chi connectivity index (χ1) is 14.6. The summed E-state index contributed by atoms with van der Waals surface area (Å²) in [5, 5.41) is 5.45. The van der Waals surface area contributed by atoms with Crippen LogP contribution >= 0.6 is 0 Å². The predicted molar refractivity (Wildman–Crippen MR) is 114 cm³/mol. The minimum atomic E-state index is -0.662. The summed E-state index contributed by atoms with van der Waals surface area (Å²) in [6, 6.07) is 15.6. The zero-order chi connectivity index (χ0) is 21.3. The van der Waals surface area contributed by atoms with Gasteiger partial charge < -0.3 is 20.1 Å². The average Bonchev–Trinajstić information content (AvgIpc) is 2.79. The van der Waals surface area contributed by atoms with Crippen LogP contribution in [0.5, 0.6) is 5.75 Å². The lowest BCUT2D eigenvalue weighted by atomic mass is 10.0. The van der Waals surface area contributed by atoms with Crippen molar-refractivity contribution in [3.63, 3.8) is 0 Å². The van der Waals surface area contributed by atoms with Crippen LogP contribution < -0.4 is 15.4 Å². The van der Waals surface area contributed by atoms with Gasteiger partial charge >= 0.3 is 11.8 Å². The Balaban J connectivity index is 1.59. The van der Waals surface area contributed by atoms with Crippen LogP contribution in [-0.2, 0) is 20.9 Å². The van der Waals surface area contributed by atoms with Gasteiger partial charge in [0.1, 0.15) is 5.75 Å². The van der Waals surface area contributed by atoms with Crippen molar-refractivity contribution in [1.29, 1.82) is 0 Å². The molecule has 2 aromatic carbocycles. The van der Waals surface area contributed by atoms with E-state index in [2.05, 4.69) is 39.8 Å². The highest BCUT2D eigenvalue weighted by Crippen LogP contribution is 2.22. The van der Waals surface area contributed by atoms with Crippen molar-refractivity contribution >= 4 is 11.8 Å². The van der Waals surface area contributed by atoms with Crippen LogP contribution in [0.3, 0.4) is 0 Å². The second kappa shape index (κ2) is 10.8. The zero-order valence-corrected chi connectivity index (χ0v) is 17.5. The smallest absolute Gasteiger partial charge is 0.309 e. The maximum Gasteiger partial charge on any atom is 0.309 e. The topological polar surface area (TPSA) is 79.9 Å². The van der Waals surface area contributed by atoms with E-state index in [1.54, 1.807) is 7.11 Å². The molecule has 30 heavy (non-hydrogen) atoms. The summed E-state index contributed by atoms with van der Waals surface area (Å²) in [7, 11) is 1.57.